The van der Waals surface area contributed by atoms with Gasteiger partial charge >= 0.3 is 0 Å². The number of hydrogen-bond acceptors (Lipinski definition) is 0. The second-order valence-corrected chi connectivity index (χ2v) is 14.6. The normalized spacial score (nSPS) is 14.2. The molecule has 0 spiro atoms. The molecule has 0 saturated heterocycles. The van der Waals surface area contributed by atoms with Gasteiger partial charge in [-0.1, -0.05) is 176 Å². The highest BCUT2D eigenvalue weighted by molar-refractivity contribution is 6.26. The van der Waals surface area contributed by atoms with E-state index in [0.717, 1.165) is 71.1 Å². The maximum absolute atomic E-state index is 9.66. The van der Waals surface area contributed by atoms with Crippen LogP contribution in [0.1, 0.15) is 12.3 Å². The average molecular weight is 716 g/mol. The molecule has 0 heterocycles. The minimum atomic E-state index is -0.606. The Kier molecular flexibility index (Phi) is 5.08. The van der Waals surface area contributed by atoms with E-state index in [0.29, 0.717) is 5.56 Å². The molecule has 0 saturated carbocycles. The summed E-state index contributed by atoms with van der Waals surface area (Å²) >= 11 is 0. The summed E-state index contributed by atoms with van der Waals surface area (Å²) in [4.78, 5) is 0. The van der Waals surface area contributed by atoms with Crippen LogP contribution in [0.3, 0.4) is 0 Å². The van der Waals surface area contributed by atoms with E-state index in [-0.39, 0.29) is 28.8 Å². The van der Waals surface area contributed by atoms with Crippen LogP contribution < -0.4 is 0 Å². The van der Waals surface area contributed by atoms with Crippen molar-refractivity contribution >= 4 is 64.6 Å². The van der Waals surface area contributed by atoms with Gasteiger partial charge in [-0.05, 0) is 151 Å². The van der Waals surface area contributed by atoms with Crippen LogP contribution in [0.4, 0.5) is 0 Å². The molecule has 12 aromatic rings. The summed E-state index contributed by atoms with van der Waals surface area (Å²) in [5.74, 6) is 0. The second-order valence-electron chi connectivity index (χ2n) is 14.6. The predicted octanol–water partition coefficient (Wildman–Crippen LogP) is 15.8. The zero-order valence-electron chi connectivity index (χ0n) is 38.9. The van der Waals surface area contributed by atoms with Gasteiger partial charge in [0.05, 0.1) is 12.3 Å². The molecule has 0 bridgehead atoms. The Morgan fingerprint density at radius 2 is 0.679 bits per heavy atom. The maximum Gasteiger partial charge on any atom is 0.0636 e. The second kappa shape index (κ2) is 12.1. The highest BCUT2D eigenvalue weighted by Gasteiger charge is 2.16. The smallest absolute Gasteiger partial charge is 0.0622 e. The molecule has 12 aromatic carbocycles. The number of hydrogen-bond donors (Lipinski definition) is 0. The number of rotatable bonds is 5. The first-order valence-corrected chi connectivity index (χ1v) is 18.8. The van der Waals surface area contributed by atoms with Crippen molar-refractivity contribution in [2.45, 2.75) is 0 Å². The minimum absolute atomic E-state index is 0.0246. The van der Waals surface area contributed by atoms with E-state index < -0.39 is 42.3 Å². The fourth-order valence-corrected chi connectivity index (χ4v) is 8.92. The highest BCUT2D eigenvalue weighted by Crippen LogP contribution is 2.43. The van der Waals surface area contributed by atoms with Crippen LogP contribution in [0.2, 0.25) is 0 Å². The van der Waals surface area contributed by atoms with Gasteiger partial charge in [0.25, 0.3) is 0 Å². The largest absolute Gasteiger partial charge is 0.0636 e. The Hall–Kier alpha value is -7.28. The molecule has 0 N–H and O–H groups in total. The van der Waals surface area contributed by atoms with E-state index in [4.69, 9.17) is 9.60 Å². The van der Waals surface area contributed by atoms with Gasteiger partial charge in [-0.3, -0.25) is 0 Å². The third-order valence-electron chi connectivity index (χ3n) is 11.5. The van der Waals surface area contributed by atoms with Gasteiger partial charge in [0, 0.05) is 0 Å². The monoisotopic (exact) mass is 715 g/mol. The van der Waals surface area contributed by atoms with Crippen molar-refractivity contribution in [2.24, 2.45) is 0 Å². The van der Waals surface area contributed by atoms with Crippen molar-refractivity contribution in [1.82, 2.24) is 0 Å². The molecule has 0 radical (unpaired) electrons. The lowest BCUT2D eigenvalue weighted by atomic mass is 9.87. The fraction of sp³-hybridized carbons (Fsp3) is 0. The molecule has 0 heteroatoms. The zero-order valence-corrected chi connectivity index (χ0v) is 29.9. The Labute approximate surface area is 337 Å². The Morgan fingerprint density at radius 1 is 0.268 bits per heavy atom. The van der Waals surface area contributed by atoms with Crippen LogP contribution in [0.5, 0.6) is 0 Å². The molecule has 56 heavy (non-hydrogen) atoms. The molecule has 0 aromatic heterocycles. The van der Waals surface area contributed by atoms with Crippen molar-refractivity contribution in [1.29, 1.82) is 0 Å². The lowest BCUT2D eigenvalue weighted by Gasteiger charge is -2.17. The molecule has 0 atom stereocenters. The van der Waals surface area contributed by atoms with Gasteiger partial charge < -0.3 is 0 Å². The van der Waals surface area contributed by atoms with Gasteiger partial charge in [0.15, 0.2) is 0 Å². The van der Waals surface area contributed by atoms with E-state index in [1.165, 1.54) is 26.9 Å². The quantitative estimate of drug-likeness (QED) is 0.156. The van der Waals surface area contributed by atoms with Crippen molar-refractivity contribution < 1.29 is 12.3 Å². The van der Waals surface area contributed by atoms with Crippen molar-refractivity contribution in [3.8, 4) is 55.6 Å². The molecular weight excluding hydrogens is 673 g/mol. The van der Waals surface area contributed by atoms with E-state index in [1.54, 1.807) is 0 Å². The van der Waals surface area contributed by atoms with Crippen LogP contribution in [-0.4, -0.2) is 0 Å². The molecular formula is C56H34. The molecule has 0 nitrogen and oxygen atoms in total. The standard InChI is InChI=1S/C56H34/c1-2-8-35(9-3-1)42-14-6-15-43(30-42)46-32-47(34-48(33-46)50-27-23-41-21-19-37-11-5-13-39-25-29-52(50)56(41)54(37)39)44-16-7-17-45(31-44)49-26-22-40-20-18-36-10-4-12-38-24-28-51(49)55(40)53(36)38/h1-34H/i1D,2D,3D,6D,8D,9D,14D,15D,30D. The van der Waals surface area contributed by atoms with Crippen molar-refractivity contribution in [3.63, 3.8) is 0 Å². The Bertz CT molecular complexity index is 3940. The van der Waals surface area contributed by atoms with Crippen molar-refractivity contribution in [3.05, 3.63) is 206 Å². The summed E-state index contributed by atoms with van der Waals surface area (Å²) in [5.41, 5.74) is 5.29. The zero-order chi connectivity index (χ0) is 44.6. The SMILES string of the molecule is [2H]c1c([2H])c([2H])c(-c2c([2H])c([2H])c([2H])c(-c3cc(-c4cccc(-c5ccc6ccc7cccc8ccc5c6c78)c4)cc(-c4ccc5ccc6cccc7ccc4c5c67)c3)c2[2H])c([2H])c1[2H]. The summed E-state index contributed by atoms with van der Waals surface area (Å²) in [6.07, 6.45) is 0. The fourth-order valence-electron chi connectivity index (χ4n) is 8.92. The van der Waals surface area contributed by atoms with Gasteiger partial charge in [-0.15, -0.1) is 0 Å². The topological polar surface area (TPSA) is 0 Å². The first kappa shape index (κ1) is 23.5. The Morgan fingerprint density at radius 3 is 1.29 bits per heavy atom. The van der Waals surface area contributed by atoms with Crippen LogP contribution in [0, 0.1) is 0 Å². The highest BCUT2D eigenvalue weighted by atomic mass is 14.2. The molecule has 12 rings (SSSR count). The molecule has 0 fully saturated rings. The molecule has 0 aliphatic heterocycles. The van der Waals surface area contributed by atoms with Crippen LogP contribution >= 0.6 is 0 Å². The lowest BCUT2D eigenvalue weighted by molar-refractivity contribution is 1.56. The molecule has 258 valence electrons. The van der Waals surface area contributed by atoms with E-state index in [9.17, 15) is 2.74 Å². The molecule has 0 aliphatic rings. The van der Waals surface area contributed by atoms with Gasteiger partial charge in [-0.25, -0.2) is 0 Å². The summed E-state index contributed by atoms with van der Waals surface area (Å²) < 4.78 is 79.5. The van der Waals surface area contributed by atoms with E-state index in [1.807, 2.05) is 24.3 Å². The van der Waals surface area contributed by atoms with E-state index >= 15 is 0 Å². The maximum atomic E-state index is 9.66. The minimum Gasteiger partial charge on any atom is -0.0622 e. The van der Waals surface area contributed by atoms with Crippen LogP contribution in [0.25, 0.3) is 120 Å². The predicted molar refractivity (Wildman–Crippen MR) is 241 cm³/mol. The summed E-state index contributed by atoms with van der Waals surface area (Å²) in [6.45, 7) is 0. The third kappa shape index (κ3) is 4.79. The van der Waals surface area contributed by atoms with Gasteiger partial charge in [0.1, 0.15) is 0 Å². The summed E-state index contributed by atoms with van der Waals surface area (Å²) in [7, 11) is 0. The van der Waals surface area contributed by atoms with Gasteiger partial charge in [-0.2, -0.15) is 0 Å². The molecule has 0 amide bonds. The summed E-state index contributed by atoms with van der Waals surface area (Å²) in [5, 5.41) is 13.8. The first-order valence-electron chi connectivity index (χ1n) is 23.3. The molecule has 0 unspecified atom stereocenters. The Balaban J connectivity index is 1.13. The van der Waals surface area contributed by atoms with Gasteiger partial charge in [0.2, 0.25) is 0 Å². The van der Waals surface area contributed by atoms with Crippen LogP contribution in [0.15, 0.2) is 206 Å². The average Bonchev–Trinajstić information content (AvgIpc) is 3.34. The lowest BCUT2D eigenvalue weighted by Crippen LogP contribution is -1.90. The molecule has 0 aliphatic carbocycles. The summed E-state index contributed by atoms with van der Waals surface area (Å²) in [6, 6.07) is 48.0. The number of benzene rings is 12. The first-order chi connectivity index (χ1) is 31.5. The third-order valence-corrected chi connectivity index (χ3v) is 11.5. The van der Waals surface area contributed by atoms with Crippen LogP contribution in [-0.2, 0) is 0 Å². The van der Waals surface area contributed by atoms with Crippen molar-refractivity contribution in [2.75, 3.05) is 0 Å². The van der Waals surface area contributed by atoms with E-state index in [2.05, 4.69) is 127 Å².